The van der Waals surface area contributed by atoms with Crippen LogP contribution in [0.5, 0.6) is 11.5 Å². The van der Waals surface area contributed by atoms with E-state index >= 15 is 0 Å². The number of ether oxygens (including phenoxy) is 3. The lowest BCUT2D eigenvalue weighted by molar-refractivity contribution is 0.120. The molecule has 8 nitrogen and oxygen atoms in total. The minimum absolute atomic E-state index is 0.0530. The highest BCUT2D eigenvalue weighted by atomic mass is 35.5. The van der Waals surface area contributed by atoms with Gasteiger partial charge in [0.2, 0.25) is 26.6 Å². The Labute approximate surface area is 184 Å². The standard InChI is InChI=1S/C21H19ClN2O6S/c22-15-3-1-2-14(12-15)19-23-20(21(30-19)24-6-8-27-9-7-24)31(25,26)16-4-5-17-18(13-16)29-11-10-28-17/h1-5,12-13H,6-11H2. The van der Waals surface area contributed by atoms with Gasteiger partial charge < -0.3 is 23.5 Å². The van der Waals surface area contributed by atoms with Crippen molar-refractivity contribution < 1.29 is 27.0 Å². The SMILES string of the molecule is O=S(=O)(c1ccc2c(c1)OCCO2)c1nc(-c2cccc(Cl)c2)oc1N1CCOCC1. The van der Waals surface area contributed by atoms with Crippen molar-refractivity contribution in [2.24, 2.45) is 0 Å². The predicted octanol–water partition coefficient (Wildman–Crippen LogP) is 3.44. The molecule has 2 aliphatic heterocycles. The van der Waals surface area contributed by atoms with Gasteiger partial charge in [-0.25, -0.2) is 8.42 Å². The molecule has 0 spiro atoms. The molecular weight excluding hydrogens is 444 g/mol. The molecule has 3 aromatic rings. The van der Waals surface area contributed by atoms with Gasteiger partial charge in [-0.1, -0.05) is 17.7 Å². The summed E-state index contributed by atoms with van der Waals surface area (Å²) < 4.78 is 49.6. The fourth-order valence-corrected chi connectivity index (χ4v) is 5.01. The first kappa shape index (κ1) is 20.2. The van der Waals surface area contributed by atoms with Gasteiger partial charge in [0.25, 0.3) is 0 Å². The molecule has 1 aromatic heterocycles. The van der Waals surface area contributed by atoms with Crippen LogP contribution < -0.4 is 14.4 Å². The van der Waals surface area contributed by atoms with Crippen LogP contribution in [0.2, 0.25) is 5.02 Å². The maximum Gasteiger partial charge on any atom is 0.236 e. The number of oxazole rings is 1. The number of hydrogen-bond acceptors (Lipinski definition) is 8. The van der Waals surface area contributed by atoms with Gasteiger partial charge in [-0.2, -0.15) is 4.98 Å². The van der Waals surface area contributed by atoms with Crippen molar-refractivity contribution in [2.75, 3.05) is 44.4 Å². The van der Waals surface area contributed by atoms with Crippen LogP contribution in [-0.2, 0) is 14.6 Å². The molecule has 0 unspecified atom stereocenters. The Kier molecular flexibility index (Phi) is 5.25. The van der Waals surface area contributed by atoms with Crippen LogP contribution in [0.1, 0.15) is 0 Å². The largest absolute Gasteiger partial charge is 0.486 e. The Morgan fingerprint density at radius 2 is 1.71 bits per heavy atom. The van der Waals surface area contributed by atoms with Gasteiger partial charge in [-0.3, -0.25) is 0 Å². The Morgan fingerprint density at radius 3 is 2.48 bits per heavy atom. The highest BCUT2D eigenvalue weighted by Gasteiger charge is 2.33. The molecule has 1 fully saturated rings. The number of nitrogens with zero attached hydrogens (tertiary/aromatic N) is 2. The second-order valence-corrected chi connectivity index (χ2v) is 9.35. The maximum absolute atomic E-state index is 13.6. The van der Waals surface area contributed by atoms with Crippen LogP contribution in [0.4, 0.5) is 5.88 Å². The third kappa shape index (κ3) is 3.84. The van der Waals surface area contributed by atoms with E-state index in [1.54, 1.807) is 30.3 Å². The highest BCUT2D eigenvalue weighted by molar-refractivity contribution is 7.91. The molecule has 31 heavy (non-hydrogen) atoms. The zero-order valence-corrected chi connectivity index (χ0v) is 18.0. The van der Waals surface area contributed by atoms with Crippen molar-refractivity contribution in [1.29, 1.82) is 0 Å². The fraction of sp³-hybridized carbons (Fsp3) is 0.286. The zero-order valence-electron chi connectivity index (χ0n) is 16.4. The van der Waals surface area contributed by atoms with Crippen LogP contribution >= 0.6 is 11.6 Å². The third-order valence-electron chi connectivity index (χ3n) is 5.03. The lowest BCUT2D eigenvalue weighted by Gasteiger charge is -2.26. The van der Waals surface area contributed by atoms with Gasteiger partial charge in [0.1, 0.15) is 13.2 Å². The van der Waals surface area contributed by atoms with E-state index in [2.05, 4.69) is 4.98 Å². The van der Waals surface area contributed by atoms with Crippen LogP contribution in [-0.4, -0.2) is 52.9 Å². The maximum atomic E-state index is 13.6. The minimum atomic E-state index is -4.01. The predicted molar refractivity (Wildman–Crippen MR) is 113 cm³/mol. The van der Waals surface area contributed by atoms with Crippen LogP contribution in [0.3, 0.4) is 0 Å². The van der Waals surface area contributed by atoms with Crippen LogP contribution in [0.25, 0.3) is 11.5 Å². The van der Waals surface area contributed by atoms with Crippen molar-refractivity contribution >= 4 is 27.3 Å². The first-order valence-corrected chi connectivity index (χ1v) is 11.6. The Hall–Kier alpha value is -2.75. The first-order chi connectivity index (χ1) is 15.0. The summed E-state index contributed by atoms with van der Waals surface area (Å²) in [6.45, 7) is 2.71. The average molecular weight is 463 g/mol. The number of rotatable bonds is 4. The van der Waals surface area contributed by atoms with Gasteiger partial charge >= 0.3 is 0 Å². The molecule has 10 heteroatoms. The monoisotopic (exact) mass is 462 g/mol. The van der Waals surface area contributed by atoms with Crippen molar-refractivity contribution in [3.8, 4) is 23.0 Å². The topological polar surface area (TPSA) is 91.1 Å². The molecule has 0 amide bonds. The molecular formula is C21H19ClN2O6S. The number of fused-ring (bicyclic) bond motifs is 1. The van der Waals surface area contributed by atoms with Crippen molar-refractivity contribution in [3.63, 3.8) is 0 Å². The Bertz CT molecular complexity index is 1220. The smallest absolute Gasteiger partial charge is 0.236 e. The molecule has 0 saturated carbocycles. The van der Waals surface area contributed by atoms with E-state index in [9.17, 15) is 8.42 Å². The second-order valence-electron chi connectivity index (χ2n) is 7.05. The molecule has 1 saturated heterocycles. The number of sulfone groups is 1. The van der Waals surface area contributed by atoms with Crippen molar-refractivity contribution in [2.45, 2.75) is 9.92 Å². The number of morpholine rings is 1. The summed E-state index contributed by atoms with van der Waals surface area (Å²) in [4.78, 5) is 6.27. The molecule has 2 aliphatic rings. The summed E-state index contributed by atoms with van der Waals surface area (Å²) in [6, 6.07) is 11.5. The van der Waals surface area contributed by atoms with Gasteiger partial charge in [0.15, 0.2) is 11.5 Å². The average Bonchev–Trinajstić information content (AvgIpc) is 3.26. The first-order valence-electron chi connectivity index (χ1n) is 9.76. The van der Waals surface area contributed by atoms with Crippen LogP contribution in [0.15, 0.2) is 56.8 Å². The lowest BCUT2D eigenvalue weighted by atomic mass is 10.2. The molecule has 0 atom stereocenters. The highest BCUT2D eigenvalue weighted by Crippen LogP contribution is 2.38. The molecule has 5 rings (SSSR count). The Balaban J connectivity index is 1.62. The number of aromatic nitrogens is 1. The fourth-order valence-electron chi connectivity index (χ4n) is 3.49. The van der Waals surface area contributed by atoms with Crippen molar-refractivity contribution in [1.82, 2.24) is 4.98 Å². The molecule has 0 aliphatic carbocycles. The van der Waals surface area contributed by atoms with Gasteiger partial charge in [-0.15, -0.1) is 0 Å². The number of halogens is 1. The number of hydrogen-bond donors (Lipinski definition) is 0. The normalized spacial score (nSPS) is 16.4. The van der Waals surface area contributed by atoms with Crippen LogP contribution in [0, 0.1) is 0 Å². The minimum Gasteiger partial charge on any atom is -0.486 e. The van der Waals surface area contributed by atoms with E-state index in [1.165, 1.54) is 12.1 Å². The summed E-state index contributed by atoms with van der Waals surface area (Å²) in [7, 11) is -4.01. The lowest BCUT2D eigenvalue weighted by Crippen LogP contribution is -2.36. The van der Waals surface area contributed by atoms with Crippen molar-refractivity contribution in [3.05, 3.63) is 47.5 Å². The summed E-state index contributed by atoms with van der Waals surface area (Å²) in [5, 5.41) is 0.348. The molecule has 0 bridgehead atoms. The van der Waals surface area contributed by atoms with Gasteiger partial charge in [0.05, 0.1) is 18.1 Å². The molecule has 0 N–H and O–H groups in total. The van der Waals surface area contributed by atoms with E-state index in [-0.39, 0.29) is 21.7 Å². The summed E-state index contributed by atoms with van der Waals surface area (Å²) >= 11 is 6.10. The van der Waals surface area contributed by atoms with E-state index in [0.717, 1.165) is 0 Å². The molecule has 2 aromatic carbocycles. The van der Waals surface area contributed by atoms with E-state index in [1.807, 2.05) is 4.90 Å². The van der Waals surface area contributed by atoms with E-state index in [0.29, 0.717) is 61.6 Å². The van der Waals surface area contributed by atoms with E-state index < -0.39 is 9.84 Å². The number of anilines is 1. The summed E-state index contributed by atoms with van der Waals surface area (Å²) in [5.41, 5.74) is 0.589. The summed E-state index contributed by atoms with van der Waals surface area (Å²) in [5.74, 6) is 1.27. The number of benzene rings is 2. The molecule has 0 radical (unpaired) electrons. The van der Waals surface area contributed by atoms with Gasteiger partial charge in [-0.05, 0) is 30.3 Å². The van der Waals surface area contributed by atoms with Gasteiger partial charge in [0, 0.05) is 29.7 Å². The molecule has 162 valence electrons. The van der Waals surface area contributed by atoms with E-state index in [4.69, 9.17) is 30.2 Å². The Morgan fingerprint density at radius 1 is 0.935 bits per heavy atom. The second kappa shape index (κ2) is 8.07. The third-order valence-corrected chi connectivity index (χ3v) is 6.91. The zero-order chi connectivity index (χ0) is 21.4. The quantitative estimate of drug-likeness (QED) is 0.582. The summed E-state index contributed by atoms with van der Waals surface area (Å²) in [6.07, 6.45) is 0. The molecule has 3 heterocycles.